The molecule has 0 radical (unpaired) electrons. The Balaban J connectivity index is 2.00. The summed E-state index contributed by atoms with van der Waals surface area (Å²) in [5.74, 6) is 0.863. The molecule has 0 aliphatic rings. The Kier molecular flexibility index (Phi) is 6.74. The van der Waals surface area contributed by atoms with E-state index in [0.29, 0.717) is 23.1 Å². The third-order valence-corrected chi connectivity index (χ3v) is 4.88. The molecule has 29 heavy (non-hydrogen) atoms. The Bertz CT molecular complexity index is 963. The number of hydrogen-bond acceptors (Lipinski definition) is 7. The van der Waals surface area contributed by atoms with Gasteiger partial charge in [-0.2, -0.15) is 4.98 Å². The number of hydrogen-bond donors (Lipinski definition) is 4. The number of aromatic nitrogens is 3. The largest absolute Gasteiger partial charge is 0.505 e. The van der Waals surface area contributed by atoms with E-state index >= 15 is 0 Å². The molecule has 9 heteroatoms. The number of rotatable bonds is 7. The van der Waals surface area contributed by atoms with Crippen molar-refractivity contribution < 1.29 is 10.2 Å². The zero-order valence-corrected chi connectivity index (χ0v) is 17.4. The Morgan fingerprint density at radius 3 is 2.28 bits per heavy atom. The lowest BCUT2D eigenvalue weighted by atomic mass is 10.1. The van der Waals surface area contributed by atoms with Crippen LogP contribution in [0.2, 0.25) is 10.0 Å². The Morgan fingerprint density at radius 2 is 1.69 bits per heavy atom. The summed E-state index contributed by atoms with van der Waals surface area (Å²) in [6, 6.07) is 8.36. The van der Waals surface area contributed by atoms with E-state index in [2.05, 4.69) is 25.6 Å². The summed E-state index contributed by atoms with van der Waals surface area (Å²) in [5, 5.41) is 26.0. The van der Waals surface area contributed by atoms with E-state index in [1.54, 1.807) is 30.6 Å². The standard InChI is InChI=1S/C20H21Cl2N5O2/c1-11(2)17(10-28)26-20-25-16(12-3-5-23-6-4-12)9-18(27-20)24-13-7-14(21)19(29)15(22)8-13/h3-9,11,17,28-29H,10H2,1-2H3,(H2,24,25,26,27)/t17-/m1/s1. The van der Waals surface area contributed by atoms with Gasteiger partial charge < -0.3 is 20.8 Å². The highest BCUT2D eigenvalue weighted by molar-refractivity contribution is 6.37. The first-order valence-electron chi connectivity index (χ1n) is 8.99. The zero-order valence-electron chi connectivity index (χ0n) is 15.9. The molecule has 0 unspecified atom stereocenters. The summed E-state index contributed by atoms with van der Waals surface area (Å²) in [4.78, 5) is 13.1. The highest BCUT2D eigenvalue weighted by atomic mass is 35.5. The average molecular weight is 434 g/mol. The average Bonchev–Trinajstić information content (AvgIpc) is 2.70. The van der Waals surface area contributed by atoms with Crippen LogP contribution < -0.4 is 10.6 Å². The van der Waals surface area contributed by atoms with Crippen LogP contribution in [-0.2, 0) is 0 Å². The molecule has 2 aromatic heterocycles. The van der Waals surface area contributed by atoms with Crippen LogP contribution in [0, 0.1) is 5.92 Å². The second-order valence-corrected chi connectivity index (χ2v) is 7.60. The summed E-state index contributed by atoms with van der Waals surface area (Å²) in [6.07, 6.45) is 3.36. The van der Waals surface area contributed by atoms with Crippen molar-refractivity contribution in [1.29, 1.82) is 0 Å². The molecule has 0 aliphatic carbocycles. The Morgan fingerprint density at radius 1 is 1.03 bits per heavy atom. The van der Waals surface area contributed by atoms with Gasteiger partial charge in [0.2, 0.25) is 5.95 Å². The quantitative estimate of drug-likeness (QED) is 0.399. The van der Waals surface area contributed by atoms with Gasteiger partial charge in [0, 0.05) is 29.7 Å². The first kappa shape index (κ1) is 21.1. The third kappa shape index (κ3) is 5.26. The van der Waals surface area contributed by atoms with Crippen molar-refractivity contribution in [2.75, 3.05) is 17.2 Å². The van der Waals surface area contributed by atoms with Crippen LogP contribution in [0.25, 0.3) is 11.3 Å². The van der Waals surface area contributed by atoms with Gasteiger partial charge in [0.15, 0.2) is 5.75 Å². The molecule has 3 rings (SSSR count). The number of phenols is 1. The molecule has 0 amide bonds. The maximum Gasteiger partial charge on any atom is 0.225 e. The maximum absolute atomic E-state index is 9.76. The van der Waals surface area contributed by atoms with E-state index in [9.17, 15) is 10.2 Å². The van der Waals surface area contributed by atoms with Gasteiger partial charge in [-0.05, 0) is 30.2 Å². The Hall–Kier alpha value is -2.61. The number of aliphatic hydroxyl groups is 1. The van der Waals surface area contributed by atoms with E-state index in [-0.39, 0.29) is 34.4 Å². The van der Waals surface area contributed by atoms with Gasteiger partial charge in [-0.1, -0.05) is 37.0 Å². The molecular weight excluding hydrogens is 413 g/mol. The predicted octanol–water partition coefficient (Wildman–Crippen LogP) is 4.72. The highest BCUT2D eigenvalue weighted by Gasteiger charge is 2.15. The van der Waals surface area contributed by atoms with Crippen molar-refractivity contribution in [2.24, 2.45) is 5.92 Å². The van der Waals surface area contributed by atoms with Crippen molar-refractivity contribution in [3.63, 3.8) is 0 Å². The number of phenolic OH excluding ortho intramolecular Hbond substituents is 1. The van der Waals surface area contributed by atoms with E-state index in [1.165, 1.54) is 0 Å². The van der Waals surface area contributed by atoms with Gasteiger partial charge in [-0.3, -0.25) is 4.98 Å². The summed E-state index contributed by atoms with van der Waals surface area (Å²) < 4.78 is 0. The normalized spacial score (nSPS) is 12.1. The van der Waals surface area contributed by atoms with Gasteiger partial charge in [0.25, 0.3) is 0 Å². The van der Waals surface area contributed by atoms with Crippen molar-refractivity contribution in [2.45, 2.75) is 19.9 Å². The molecule has 0 spiro atoms. The molecule has 1 atom stereocenters. The highest BCUT2D eigenvalue weighted by Crippen LogP contribution is 2.35. The molecule has 4 N–H and O–H groups in total. The lowest BCUT2D eigenvalue weighted by Gasteiger charge is -2.20. The molecule has 1 aromatic carbocycles. The number of aliphatic hydroxyl groups excluding tert-OH is 1. The summed E-state index contributed by atoms with van der Waals surface area (Å²) in [6.45, 7) is 3.95. The van der Waals surface area contributed by atoms with Crippen LogP contribution in [0.3, 0.4) is 0 Å². The number of pyridine rings is 1. The first-order valence-corrected chi connectivity index (χ1v) is 9.75. The molecule has 0 saturated heterocycles. The lowest BCUT2D eigenvalue weighted by molar-refractivity contribution is 0.248. The van der Waals surface area contributed by atoms with Crippen molar-refractivity contribution in [1.82, 2.24) is 15.0 Å². The summed E-state index contributed by atoms with van der Waals surface area (Å²) in [5.41, 5.74) is 2.09. The van der Waals surface area contributed by atoms with Gasteiger partial charge in [-0.25, -0.2) is 4.98 Å². The lowest BCUT2D eigenvalue weighted by Crippen LogP contribution is -2.30. The molecule has 3 aromatic rings. The van der Waals surface area contributed by atoms with Crippen molar-refractivity contribution in [3.05, 3.63) is 52.8 Å². The minimum Gasteiger partial charge on any atom is -0.505 e. The van der Waals surface area contributed by atoms with Gasteiger partial charge in [0.1, 0.15) is 5.82 Å². The fourth-order valence-corrected chi connectivity index (χ4v) is 3.11. The van der Waals surface area contributed by atoms with Crippen molar-refractivity contribution in [3.8, 4) is 17.0 Å². The van der Waals surface area contributed by atoms with Crippen LogP contribution in [0.5, 0.6) is 5.75 Å². The number of nitrogens with one attached hydrogen (secondary N) is 2. The van der Waals surface area contributed by atoms with E-state index in [0.717, 1.165) is 5.56 Å². The van der Waals surface area contributed by atoms with Crippen LogP contribution in [0.4, 0.5) is 17.5 Å². The molecule has 2 heterocycles. The zero-order chi connectivity index (χ0) is 21.0. The second-order valence-electron chi connectivity index (χ2n) is 6.79. The van der Waals surface area contributed by atoms with E-state index in [4.69, 9.17) is 23.2 Å². The fraction of sp³-hybridized carbons (Fsp3) is 0.250. The number of aromatic hydroxyl groups is 1. The van der Waals surface area contributed by atoms with Gasteiger partial charge in [0.05, 0.1) is 28.4 Å². The number of nitrogens with zero attached hydrogens (tertiary/aromatic N) is 3. The number of anilines is 3. The second kappa shape index (κ2) is 9.26. The molecule has 0 aliphatic heterocycles. The maximum atomic E-state index is 9.76. The Labute approximate surface area is 178 Å². The molecule has 7 nitrogen and oxygen atoms in total. The minimum atomic E-state index is -0.201. The molecule has 0 fully saturated rings. The van der Waals surface area contributed by atoms with Crippen molar-refractivity contribution >= 4 is 40.7 Å². The van der Waals surface area contributed by atoms with Crippen LogP contribution in [0.15, 0.2) is 42.7 Å². The number of benzene rings is 1. The van der Waals surface area contributed by atoms with Gasteiger partial charge in [-0.15, -0.1) is 0 Å². The van der Waals surface area contributed by atoms with Crippen LogP contribution in [0.1, 0.15) is 13.8 Å². The summed E-state index contributed by atoms with van der Waals surface area (Å²) in [7, 11) is 0. The number of halogens is 2. The molecule has 0 saturated carbocycles. The van der Waals surface area contributed by atoms with Gasteiger partial charge >= 0.3 is 0 Å². The topological polar surface area (TPSA) is 103 Å². The monoisotopic (exact) mass is 433 g/mol. The SMILES string of the molecule is CC(C)[C@@H](CO)Nc1nc(Nc2cc(Cl)c(O)c(Cl)c2)cc(-c2ccncc2)n1. The summed E-state index contributed by atoms with van der Waals surface area (Å²) >= 11 is 12.0. The van der Waals surface area contributed by atoms with E-state index in [1.807, 2.05) is 26.0 Å². The molecule has 152 valence electrons. The first-order chi connectivity index (χ1) is 13.9. The van der Waals surface area contributed by atoms with E-state index < -0.39 is 0 Å². The smallest absolute Gasteiger partial charge is 0.225 e. The third-order valence-electron chi connectivity index (χ3n) is 4.31. The van der Waals surface area contributed by atoms with Crippen LogP contribution in [-0.4, -0.2) is 37.8 Å². The van der Waals surface area contributed by atoms with Crippen LogP contribution >= 0.6 is 23.2 Å². The fourth-order valence-electron chi connectivity index (χ4n) is 2.62. The molecular formula is C20H21Cl2N5O2. The predicted molar refractivity (Wildman–Crippen MR) is 116 cm³/mol. The minimum absolute atomic E-state index is 0.0492. The molecule has 0 bridgehead atoms.